The summed E-state index contributed by atoms with van der Waals surface area (Å²) >= 11 is 0. The Bertz CT molecular complexity index is 1050. The van der Waals surface area contributed by atoms with Crippen LogP contribution in [-0.4, -0.2) is 59.0 Å². The number of piperidine rings is 1. The smallest absolute Gasteiger partial charge is 0.253 e. The lowest BCUT2D eigenvalue weighted by Gasteiger charge is -2.39. The van der Waals surface area contributed by atoms with Gasteiger partial charge in [-0.25, -0.2) is 4.39 Å². The molecule has 5 nitrogen and oxygen atoms in total. The number of carbonyl (C=O) groups is 1. The van der Waals surface area contributed by atoms with E-state index in [1.807, 2.05) is 43.0 Å². The molecule has 3 fully saturated rings. The van der Waals surface area contributed by atoms with Crippen molar-refractivity contribution in [1.29, 1.82) is 0 Å². The number of rotatable bonds is 4. The van der Waals surface area contributed by atoms with Gasteiger partial charge in [-0.1, -0.05) is 24.3 Å². The molecule has 35 heavy (non-hydrogen) atoms. The number of benzene rings is 2. The highest BCUT2D eigenvalue weighted by molar-refractivity contribution is 5.94. The quantitative estimate of drug-likeness (QED) is 0.651. The summed E-state index contributed by atoms with van der Waals surface area (Å²) in [5, 5.41) is 10.4. The Morgan fingerprint density at radius 1 is 1.03 bits per heavy atom. The monoisotopic (exact) mass is 481 g/mol. The Balaban J connectivity index is 1.18. The predicted octanol–water partition coefficient (Wildman–Crippen LogP) is 5.21. The molecule has 0 aromatic heterocycles. The first-order chi connectivity index (χ1) is 16.6. The summed E-state index contributed by atoms with van der Waals surface area (Å²) in [5.74, 6) is -0.203. The van der Waals surface area contributed by atoms with E-state index in [1.54, 1.807) is 12.1 Å². The SMILES string of the molecule is CC(C)(O)[C@@H]1CC[C@](C)([C@H]2CC3(CCN(C(=O)c4ccc(-c5ccc(F)cc5)cc4)CC3)CO2)O1. The largest absolute Gasteiger partial charge is 0.388 e. The average molecular weight is 482 g/mol. The third-order valence-corrected chi connectivity index (χ3v) is 8.41. The van der Waals surface area contributed by atoms with Gasteiger partial charge in [0.15, 0.2) is 0 Å². The molecule has 188 valence electrons. The van der Waals surface area contributed by atoms with Gasteiger partial charge in [0.05, 0.1) is 30.0 Å². The molecule has 0 aliphatic carbocycles. The Hall–Kier alpha value is -2.28. The van der Waals surface area contributed by atoms with Crippen molar-refractivity contribution in [1.82, 2.24) is 4.90 Å². The van der Waals surface area contributed by atoms with Crippen molar-refractivity contribution in [3.05, 3.63) is 59.9 Å². The van der Waals surface area contributed by atoms with Gasteiger partial charge in [-0.05, 0) is 93.7 Å². The Kier molecular flexibility index (Phi) is 6.27. The molecule has 3 aliphatic rings. The third-order valence-electron chi connectivity index (χ3n) is 8.41. The van der Waals surface area contributed by atoms with Gasteiger partial charge in [-0.2, -0.15) is 0 Å². The van der Waals surface area contributed by atoms with Crippen molar-refractivity contribution in [2.75, 3.05) is 19.7 Å². The maximum absolute atomic E-state index is 13.2. The first-order valence-corrected chi connectivity index (χ1v) is 12.7. The molecule has 5 rings (SSSR count). The van der Waals surface area contributed by atoms with Gasteiger partial charge in [-0.3, -0.25) is 4.79 Å². The van der Waals surface area contributed by atoms with Gasteiger partial charge in [0.25, 0.3) is 5.91 Å². The average Bonchev–Trinajstić information content (AvgIpc) is 3.45. The first kappa shape index (κ1) is 24.4. The molecule has 1 amide bonds. The van der Waals surface area contributed by atoms with Crippen LogP contribution >= 0.6 is 0 Å². The first-order valence-electron chi connectivity index (χ1n) is 12.7. The second kappa shape index (κ2) is 8.99. The Morgan fingerprint density at radius 2 is 1.63 bits per heavy atom. The van der Waals surface area contributed by atoms with E-state index < -0.39 is 5.60 Å². The minimum absolute atomic E-state index is 0.0242. The number of hydrogen-bond acceptors (Lipinski definition) is 4. The molecule has 0 radical (unpaired) electrons. The lowest BCUT2D eigenvalue weighted by atomic mass is 9.74. The van der Waals surface area contributed by atoms with Crippen LogP contribution in [0.4, 0.5) is 4.39 Å². The minimum Gasteiger partial charge on any atom is -0.388 e. The maximum atomic E-state index is 13.2. The van der Waals surface area contributed by atoms with Crippen LogP contribution in [0, 0.1) is 11.2 Å². The fourth-order valence-corrected chi connectivity index (χ4v) is 5.94. The van der Waals surface area contributed by atoms with Crippen LogP contribution in [0.3, 0.4) is 0 Å². The molecule has 0 unspecified atom stereocenters. The Morgan fingerprint density at radius 3 is 2.20 bits per heavy atom. The van der Waals surface area contributed by atoms with E-state index in [0.717, 1.165) is 56.3 Å². The number of halogens is 1. The van der Waals surface area contributed by atoms with Crippen molar-refractivity contribution in [3.63, 3.8) is 0 Å². The molecule has 3 aliphatic heterocycles. The zero-order chi connectivity index (χ0) is 24.8. The molecule has 0 bridgehead atoms. The molecule has 2 aromatic carbocycles. The minimum atomic E-state index is -0.850. The van der Waals surface area contributed by atoms with E-state index in [4.69, 9.17) is 9.47 Å². The van der Waals surface area contributed by atoms with Crippen LogP contribution < -0.4 is 0 Å². The highest BCUT2D eigenvalue weighted by Gasteiger charge is 2.53. The molecule has 6 heteroatoms. The van der Waals surface area contributed by atoms with E-state index in [9.17, 15) is 14.3 Å². The topological polar surface area (TPSA) is 59.0 Å². The fourth-order valence-electron chi connectivity index (χ4n) is 5.94. The van der Waals surface area contributed by atoms with Gasteiger partial charge in [0.1, 0.15) is 5.82 Å². The van der Waals surface area contributed by atoms with Crippen LogP contribution in [0.15, 0.2) is 48.5 Å². The number of likely N-dealkylation sites (tertiary alicyclic amines) is 1. The maximum Gasteiger partial charge on any atom is 0.253 e. The van der Waals surface area contributed by atoms with E-state index in [0.29, 0.717) is 12.2 Å². The summed E-state index contributed by atoms with van der Waals surface area (Å²) in [7, 11) is 0. The number of aliphatic hydroxyl groups is 1. The standard InChI is InChI=1S/C29H36FNO4/c1-27(2,33)24-12-13-28(3,35-24)25-18-29(19-34-25)14-16-31(17-15-29)26(32)22-6-4-20(5-7-22)21-8-10-23(30)11-9-21/h4-11,24-25,33H,12-19H2,1-3H3/t24-,25+,28+/m0/s1. The van der Waals surface area contributed by atoms with Crippen molar-refractivity contribution < 1.29 is 23.8 Å². The second-order valence-electron chi connectivity index (χ2n) is 11.5. The lowest BCUT2D eigenvalue weighted by Crippen LogP contribution is -2.45. The molecule has 3 atom stereocenters. The van der Waals surface area contributed by atoms with Crippen LogP contribution in [0.1, 0.15) is 63.2 Å². The van der Waals surface area contributed by atoms with Crippen LogP contribution in [0.2, 0.25) is 0 Å². The second-order valence-corrected chi connectivity index (χ2v) is 11.5. The summed E-state index contributed by atoms with van der Waals surface area (Å²) in [6.07, 6.45) is 4.38. The number of ether oxygens (including phenoxy) is 2. The molecule has 0 saturated carbocycles. The van der Waals surface area contributed by atoms with Crippen LogP contribution in [0.25, 0.3) is 11.1 Å². The Labute approximate surface area is 207 Å². The summed E-state index contributed by atoms with van der Waals surface area (Å²) in [6.45, 7) is 7.89. The van der Waals surface area contributed by atoms with Crippen LogP contribution in [0.5, 0.6) is 0 Å². The zero-order valence-corrected chi connectivity index (χ0v) is 20.9. The number of amides is 1. The van der Waals surface area contributed by atoms with Gasteiger partial charge >= 0.3 is 0 Å². The molecule has 1 spiro atoms. The highest BCUT2D eigenvalue weighted by atomic mass is 19.1. The van der Waals surface area contributed by atoms with Gasteiger partial charge in [0.2, 0.25) is 0 Å². The van der Waals surface area contributed by atoms with Gasteiger partial charge in [0, 0.05) is 18.7 Å². The molecule has 2 aromatic rings. The lowest BCUT2D eigenvalue weighted by molar-refractivity contribution is -0.155. The van der Waals surface area contributed by atoms with E-state index in [2.05, 4.69) is 6.92 Å². The van der Waals surface area contributed by atoms with Crippen LogP contribution in [-0.2, 0) is 9.47 Å². The predicted molar refractivity (Wildman–Crippen MR) is 133 cm³/mol. The van der Waals surface area contributed by atoms with Crippen molar-refractivity contribution in [3.8, 4) is 11.1 Å². The van der Waals surface area contributed by atoms with Gasteiger partial charge in [-0.15, -0.1) is 0 Å². The van der Waals surface area contributed by atoms with E-state index in [1.165, 1.54) is 12.1 Å². The van der Waals surface area contributed by atoms with Crippen molar-refractivity contribution in [2.45, 2.75) is 76.3 Å². The molecule has 3 saturated heterocycles. The number of hydrogen-bond donors (Lipinski definition) is 1. The van der Waals surface area contributed by atoms with Crippen molar-refractivity contribution >= 4 is 5.91 Å². The molecule has 3 heterocycles. The zero-order valence-electron chi connectivity index (χ0n) is 20.9. The number of carbonyl (C=O) groups excluding carboxylic acids is 1. The normalized spacial score (nSPS) is 28.5. The molecular formula is C29H36FNO4. The third kappa shape index (κ3) is 4.89. The summed E-state index contributed by atoms with van der Waals surface area (Å²) in [5.41, 5.74) is 1.44. The molecule has 1 N–H and O–H groups in total. The van der Waals surface area contributed by atoms with Crippen molar-refractivity contribution in [2.24, 2.45) is 5.41 Å². The van der Waals surface area contributed by atoms with Gasteiger partial charge < -0.3 is 19.5 Å². The fraction of sp³-hybridized carbons (Fsp3) is 0.552. The highest BCUT2D eigenvalue weighted by Crippen LogP contribution is 2.49. The summed E-state index contributed by atoms with van der Waals surface area (Å²) in [4.78, 5) is 15.1. The van der Waals surface area contributed by atoms with E-state index in [-0.39, 0.29) is 34.9 Å². The summed E-state index contributed by atoms with van der Waals surface area (Å²) < 4.78 is 25.8. The summed E-state index contributed by atoms with van der Waals surface area (Å²) in [6, 6.07) is 13.9. The van der Waals surface area contributed by atoms with E-state index >= 15 is 0 Å². The molecular weight excluding hydrogens is 445 g/mol. The number of nitrogens with zero attached hydrogens (tertiary/aromatic N) is 1.